The monoisotopic (exact) mass is 401 g/mol. The Morgan fingerprint density at radius 1 is 1.18 bits per heavy atom. The minimum Gasteiger partial charge on any atom is -0.497 e. The van der Waals surface area contributed by atoms with E-state index in [0.717, 1.165) is 11.3 Å². The second-order valence-electron chi connectivity index (χ2n) is 6.01. The normalized spacial score (nSPS) is 11.8. The van der Waals surface area contributed by atoms with Crippen molar-refractivity contribution in [3.05, 3.63) is 58.3 Å². The number of carbonyl (C=O) groups excluding carboxylic acids is 3. The highest BCUT2D eigenvalue weighted by molar-refractivity contribution is 7.12. The van der Waals surface area contributed by atoms with Gasteiger partial charge in [0, 0.05) is 12.5 Å². The lowest BCUT2D eigenvalue weighted by Gasteiger charge is -2.12. The van der Waals surface area contributed by atoms with E-state index in [1.54, 1.807) is 38.3 Å². The summed E-state index contributed by atoms with van der Waals surface area (Å²) in [6.07, 6.45) is 3.76. The minimum atomic E-state index is -0.777. The molecule has 6 nitrogen and oxygen atoms in total. The molecule has 0 saturated heterocycles. The molecule has 0 radical (unpaired) electrons. The van der Waals surface area contributed by atoms with E-state index < -0.39 is 17.9 Å². The number of carbonyl (C=O) groups is 3. The van der Waals surface area contributed by atoms with Crippen molar-refractivity contribution >= 4 is 35.1 Å². The first kappa shape index (κ1) is 21.4. The van der Waals surface area contributed by atoms with Crippen LogP contribution in [-0.4, -0.2) is 37.4 Å². The second-order valence-corrected chi connectivity index (χ2v) is 6.96. The van der Waals surface area contributed by atoms with Gasteiger partial charge in [0.05, 0.1) is 18.6 Å². The zero-order valence-corrected chi connectivity index (χ0v) is 16.7. The Labute approximate surface area is 168 Å². The number of rotatable bonds is 10. The predicted molar refractivity (Wildman–Crippen MR) is 108 cm³/mol. The fraction of sp³-hybridized carbons (Fsp3) is 0.286. The lowest BCUT2D eigenvalue weighted by molar-refractivity contribution is -0.147. The van der Waals surface area contributed by atoms with Crippen LogP contribution in [0.5, 0.6) is 5.75 Å². The number of nitrogens with one attached hydrogen (secondary N) is 1. The summed E-state index contributed by atoms with van der Waals surface area (Å²) in [4.78, 5) is 36.4. The number of amides is 1. The molecule has 28 heavy (non-hydrogen) atoms. The molecule has 1 heterocycles. The second kappa shape index (κ2) is 11.0. The third kappa shape index (κ3) is 7.00. The highest BCUT2D eigenvalue weighted by Crippen LogP contribution is 2.13. The first-order chi connectivity index (χ1) is 13.5. The molecular formula is C21H23NO5S. The molecule has 0 spiro atoms. The van der Waals surface area contributed by atoms with Gasteiger partial charge in [0.25, 0.3) is 0 Å². The average molecular weight is 401 g/mol. The van der Waals surface area contributed by atoms with Crippen LogP contribution in [0.2, 0.25) is 0 Å². The lowest BCUT2D eigenvalue weighted by atomic mass is 10.2. The summed E-state index contributed by atoms with van der Waals surface area (Å²) in [6.45, 7) is 1.69. The van der Waals surface area contributed by atoms with Gasteiger partial charge < -0.3 is 14.8 Å². The van der Waals surface area contributed by atoms with Crippen molar-refractivity contribution in [3.8, 4) is 5.75 Å². The Morgan fingerprint density at radius 3 is 2.57 bits per heavy atom. The molecule has 2 rings (SSSR count). The molecule has 7 heteroatoms. The number of ether oxygens (including phenoxy) is 2. The van der Waals surface area contributed by atoms with E-state index in [1.807, 2.05) is 23.6 Å². The zero-order chi connectivity index (χ0) is 20.4. The van der Waals surface area contributed by atoms with Gasteiger partial charge in [-0.25, -0.2) is 4.79 Å². The van der Waals surface area contributed by atoms with E-state index in [-0.39, 0.29) is 12.4 Å². The number of hydrogen-bond acceptors (Lipinski definition) is 6. The van der Waals surface area contributed by atoms with Gasteiger partial charge in [-0.3, -0.25) is 9.59 Å². The number of esters is 1. The topological polar surface area (TPSA) is 81.7 Å². The maximum absolute atomic E-state index is 11.9. The number of hydrogen-bond donors (Lipinski definition) is 1. The molecule has 0 unspecified atom stereocenters. The van der Waals surface area contributed by atoms with Gasteiger partial charge in [-0.1, -0.05) is 18.2 Å². The van der Waals surface area contributed by atoms with Crippen molar-refractivity contribution in [3.63, 3.8) is 0 Å². The van der Waals surface area contributed by atoms with Gasteiger partial charge in [0.1, 0.15) is 11.8 Å². The number of methoxy groups -OCH3 is 1. The summed E-state index contributed by atoms with van der Waals surface area (Å²) < 4.78 is 10.2. The molecule has 1 aromatic heterocycles. The molecule has 0 saturated carbocycles. The maximum atomic E-state index is 11.9. The Kier molecular flexibility index (Phi) is 8.42. The van der Waals surface area contributed by atoms with Crippen molar-refractivity contribution in [1.82, 2.24) is 5.32 Å². The zero-order valence-electron chi connectivity index (χ0n) is 15.8. The summed E-state index contributed by atoms with van der Waals surface area (Å²) in [5.41, 5.74) is 0.835. The van der Waals surface area contributed by atoms with Crippen molar-refractivity contribution in [2.45, 2.75) is 25.8 Å². The number of thiophene rings is 1. The van der Waals surface area contributed by atoms with E-state index in [0.29, 0.717) is 17.7 Å². The molecule has 1 aromatic carbocycles. The van der Waals surface area contributed by atoms with Crippen LogP contribution in [0.25, 0.3) is 6.08 Å². The minimum absolute atomic E-state index is 0.0380. The van der Waals surface area contributed by atoms with Crippen LogP contribution < -0.4 is 10.1 Å². The van der Waals surface area contributed by atoms with Gasteiger partial charge in [-0.15, -0.1) is 11.3 Å². The molecule has 0 bridgehead atoms. The van der Waals surface area contributed by atoms with E-state index in [2.05, 4.69) is 5.32 Å². The van der Waals surface area contributed by atoms with Crippen LogP contribution in [0, 0.1) is 0 Å². The summed E-state index contributed by atoms with van der Waals surface area (Å²) in [7, 11) is 1.58. The Balaban J connectivity index is 1.68. The van der Waals surface area contributed by atoms with Crippen LogP contribution in [0.1, 0.15) is 35.0 Å². The molecule has 1 atom stereocenters. The molecule has 148 valence electrons. The van der Waals surface area contributed by atoms with Gasteiger partial charge in [0.15, 0.2) is 5.78 Å². The Hall–Kier alpha value is -2.93. The van der Waals surface area contributed by atoms with Gasteiger partial charge in [-0.2, -0.15) is 0 Å². The summed E-state index contributed by atoms with van der Waals surface area (Å²) in [5.74, 6) is -0.158. The summed E-state index contributed by atoms with van der Waals surface area (Å²) in [5, 5.41) is 4.40. The standard InChI is InChI=1S/C21H23NO5S/c1-15(21(25)27-13-3-5-18(23)19-6-4-14-28-19)22-20(24)12-9-16-7-10-17(26-2)11-8-16/h4,6-12,14-15H,3,5,13H2,1-2H3,(H,22,24)/b12-9+/t15-/m0/s1. The van der Waals surface area contributed by atoms with Crippen molar-refractivity contribution < 1.29 is 23.9 Å². The lowest BCUT2D eigenvalue weighted by Crippen LogP contribution is -2.38. The smallest absolute Gasteiger partial charge is 0.328 e. The number of Topliss-reactive ketones (excluding diaryl/α,β-unsaturated/α-hetero) is 1. The highest BCUT2D eigenvalue weighted by atomic mass is 32.1. The van der Waals surface area contributed by atoms with Crippen LogP contribution in [0.3, 0.4) is 0 Å². The van der Waals surface area contributed by atoms with Crippen molar-refractivity contribution in [2.75, 3.05) is 13.7 Å². The fourth-order valence-corrected chi connectivity index (χ4v) is 2.99. The van der Waals surface area contributed by atoms with Gasteiger partial charge in [0.2, 0.25) is 5.91 Å². The number of ketones is 1. The van der Waals surface area contributed by atoms with Crippen LogP contribution in [-0.2, 0) is 14.3 Å². The van der Waals surface area contributed by atoms with E-state index in [4.69, 9.17) is 9.47 Å². The van der Waals surface area contributed by atoms with Crippen molar-refractivity contribution in [1.29, 1.82) is 0 Å². The summed E-state index contributed by atoms with van der Waals surface area (Å²) in [6, 6.07) is 10.0. The Morgan fingerprint density at radius 2 is 1.93 bits per heavy atom. The molecular weight excluding hydrogens is 378 g/mol. The predicted octanol–water partition coefficient (Wildman–Crippen LogP) is 3.48. The fourth-order valence-electron chi connectivity index (χ4n) is 2.30. The number of benzene rings is 1. The third-order valence-corrected chi connectivity index (χ3v) is 4.75. The van der Waals surface area contributed by atoms with E-state index in [1.165, 1.54) is 17.4 Å². The molecule has 0 fully saturated rings. The maximum Gasteiger partial charge on any atom is 0.328 e. The SMILES string of the molecule is COc1ccc(/C=C/C(=O)N[C@@H](C)C(=O)OCCCC(=O)c2cccs2)cc1. The van der Waals surface area contributed by atoms with E-state index in [9.17, 15) is 14.4 Å². The highest BCUT2D eigenvalue weighted by Gasteiger charge is 2.16. The Bertz CT molecular complexity index is 812. The summed E-state index contributed by atoms with van der Waals surface area (Å²) >= 11 is 1.39. The molecule has 2 aromatic rings. The first-order valence-electron chi connectivity index (χ1n) is 8.85. The molecule has 0 aliphatic carbocycles. The third-order valence-electron chi connectivity index (χ3n) is 3.84. The van der Waals surface area contributed by atoms with Crippen LogP contribution >= 0.6 is 11.3 Å². The largest absolute Gasteiger partial charge is 0.497 e. The van der Waals surface area contributed by atoms with Crippen LogP contribution in [0.15, 0.2) is 47.9 Å². The average Bonchev–Trinajstić information content (AvgIpc) is 3.24. The van der Waals surface area contributed by atoms with Gasteiger partial charge >= 0.3 is 5.97 Å². The molecule has 1 N–H and O–H groups in total. The molecule has 1 amide bonds. The van der Waals surface area contributed by atoms with Crippen LogP contribution in [0.4, 0.5) is 0 Å². The molecule has 0 aliphatic heterocycles. The van der Waals surface area contributed by atoms with Crippen molar-refractivity contribution in [2.24, 2.45) is 0 Å². The quantitative estimate of drug-likeness (QED) is 0.285. The van der Waals surface area contributed by atoms with E-state index >= 15 is 0 Å². The molecule has 0 aliphatic rings. The van der Waals surface area contributed by atoms with Gasteiger partial charge in [-0.05, 0) is 48.6 Å². The first-order valence-corrected chi connectivity index (χ1v) is 9.73.